The van der Waals surface area contributed by atoms with E-state index in [0.717, 1.165) is 12.3 Å². The van der Waals surface area contributed by atoms with Crippen molar-refractivity contribution in [3.63, 3.8) is 0 Å². The molecule has 0 aliphatic heterocycles. The van der Waals surface area contributed by atoms with E-state index < -0.39 is 33.1 Å². The summed E-state index contributed by atoms with van der Waals surface area (Å²) >= 11 is 0. The van der Waals surface area contributed by atoms with Crippen LogP contribution < -0.4 is 9.46 Å². The minimum absolute atomic E-state index is 0.150. The molecule has 2 rings (SSSR count). The van der Waals surface area contributed by atoms with Gasteiger partial charge in [-0.1, -0.05) is 0 Å². The van der Waals surface area contributed by atoms with Gasteiger partial charge >= 0.3 is 0 Å². The van der Waals surface area contributed by atoms with Crippen molar-refractivity contribution in [1.82, 2.24) is 4.72 Å². The number of nitrogens with zero attached hydrogens (tertiary/aromatic N) is 1. The number of nitriles is 1. The van der Waals surface area contributed by atoms with Gasteiger partial charge in [0.15, 0.2) is 0 Å². The summed E-state index contributed by atoms with van der Waals surface area (Å²) < 4.78 is 57.4. The first-order valence-corrected chi connectivity index (χ1v) is 9.55. The summed E-state index contributed by atoms with van der Waals surface area (Å²) in [7, 11) is -3.91. The first kappa shape index (κ1) is 20.3. The third kappa shape index (κ3) is 5.01. The van der Waals surface area contributed by atoms with Gasteiger partial charge in [-0.3, -0.25) is 4.79 Å². The Morgan fingerprint density at radius 3 is 2.26 bits per heavy atom. The van der Waals surface area contributed by atoms with Gasteiger partial charge in [-0.05, 0) is 49.2 Å². The second kappa shape index (κ2) is 7.72. The normalized spacial score (nSPS) is 11.0. The minimum Gasteiger partial charge on any atom is -0.489 e. The summed E-state index contributed by atoms with van der Waals surface area (Å²) in [6.07, 6.45) is 0.725. The van der Waals surface area contributed by atoms with Crippen LogP contribution in [0.25, 0.3) is 0 Å². The van der Waals surface area contributed by atoms with Crippen molar-refractivity contribution in [3.05, 3.63) is 63.7 Å². The number of aryl methyl sites for hydroxylation is 2. The molecule has 0 atom stereocenters. The Morgan fingerprint density at radius 1 is 1.15 bits per heavy atom. The molecule has 0 heterocycles. The molecule has 9 heteroatoms. The second-order valence-corrected chi connectivity index (χ2v) is 7.71. The maximum Gasteiger partial charge on any atom is 0.267 e. The number of halogens is 2. The third-order valence-corrected chi connectivity index (χ3v) is 4.23. The van der Waals surface area contributed by atoms with Crippen molar-refractivity contribution in [3.8, 4) is 11.8 Å². The van der Waals surface area contributed by atoms with Crippen LogP contribution in [0.4, 0.5) is 8.78 Å². The van der Waals surface area contributed by atoms with Gasteiger partial charge in [0.05, 0.1) is 23.5 Å². The van der Waals surface area contributed by atoms with Gasteiger partial charge in [0, 0.05) is 5.56 Å². The molecule has 0 radical (unpaired) electrons. The first-order valence-electron chi connectivity index (χ1n) is 7.66. The van der Waals surface area contributed by atoms with Gasteiger partial charge in [-0.15, -0.1) is 0 Å². The zero-order valence-electron chi connectivity index (χ0n) is 14.8. The molecule has 1 amide bonds. The van der Waals surface area contributed by atoms with Crippen molar-refractivity contribution in [1.29, 1.82) is 5.26 Å². The molecule has 2 aromatic carbocycles. The lowest BCUT2D eigenvalue weighted by atomic mass is 10.0. The van der Waals surface area contributed by atoms with Crippen LogP contribution >= 0.6 is 0 Å². The summed E-state index contributed by atoms with van der Waals surface area (Å²) in [5.74, 6) is -2.89. The van der Waals surface area contributed by atoms with E-state index in [1.807, 2.05) is 0 Å². The molecule has 0 fully saturated rings. The Labute approximate surface area is 155 Å². The molecule has 0 saturated heterocycles. The van der Waals surface area contributed by atoms with Gasteiger partial charge in [0.25, 0.3) is 5.91 Å². The summed E-state index contributed by atoms with van der Waals surface area (Å²) in [5, 5.41) is 9.05. The Kier molecular flexibility index (Phi) is 5.81. The van der Waals surface area contributed by atoms with E-state index in [9.17, 15) is 22.0 Å². The smallest absolute Gasteiger partial charge is 0.267 e. The van der Waals surface area contributed by atoms with Crippen LogP contribution in [0.5, 0.6) is 5.75 Å². The zero-order valence-corrected chi connectivity index (χ0v) is 15.6. The third-order valence-electron chi connectivity index (χ3n) is 3.67. The number of carbonyl (C=O) groups is 1. The molecule has 6 nitrogen and oxygen atoms in total. The van der Waals surface area contributed by atoms with E-state index in [1.54, 1.807) is 30.7 Å². The highest BCUT2D eigenvalue weighted by Gasteiger charge is 2.19. The molecule has 1 N–H and O–H groups in total. The molecule has 0 aliphatic rings. The van der Waals surface area contributed by atoms with Crippen LogP contribution in [-0.4, -0.2) is 20.6 Å². The van der Waals surface area contributed by atoms with E-state index in [2.05, 4.69) is 6.07 Å². The van der Waals surface area contributed by atoms with Crippen molar-refractivity contribution in [2.24, 2.45) is 0 Å². The van der Waals surface area contributed by atoms with Crippen LogP contribution in [0, 0.1) is 36.8 Å². The average molecular weight is 394 g/mol. The number of sulfonamides is 1. The number of amides is 1. The van der Waals surface area contributed by atoms with Crippen molar-refractivity contribution in [2.75, 3.05) is 6.26 Å². The van der Waals surface area contributed by atoms with Gasteiger partial charge in [-0.25, -0.2) is 21.9 Å². The number of carbonyl (C=O) groups excluding carboxylic acids is 1. The summed E-state index contributed by atoms with van der Waals surface area (Å²) in [4.78, 5) is 11.7. The predicted molar refractivity (Wildman–Crippen MR) is 93.6 cm³/mol. The Hall–Kier alpha value is -2.99. The SMILES string of the molecule is Cc1cc(OCc2cc(F)c(C(=O)NS(C)(=O)=O)cc2F)cc(C)c1C#N. The quantitative estimate of drug-likeness (QED) is 0.841. The van der Waals surface area contributed by atoms with Gasteiger partial charge in [0.2, 0.25) is 10.0 Å². The van der Waals surface area contributed by atoms with Crippen molar-refractivity contribution < 1.29 is 26.7 Å². The van der Waals surface area contributed by atoms with E-state index in [0.29, 0.717) is 28.5 Å². The highest BCUT2D eigenvalue weighted by Crippen LogP contribution is 2.23. The molecule has 0 unspecified atom stereocenters. The van der Waals surface area contributed by atoms with Gasteiger partial charge in [-0.2, -0.15) is 5.26 Å². The van der Waals surface area contributed by atoms with Crippen molar-refractivity contribution >= 4 is 15.9 Å². The average Bonchev–Trinajstić information content (AvgIpc) is 2.53. The molecule has 0 aromatic heterocycles. The highest BCUT2D eigenvalue weighted by atomic mass is 32.2. The van der Waals surface area contributed by atoms with Gasteiger partial charge < -0.3 is 4.74 Å². The summed E-state index contributed by atoms with van der Waals surface area (Å²) in [6, 6.07) is 6.67. The molecule has 0 spiro atoms. The fourth-order valence-electron chi connectivity index (χ4n) is 2.44. The van der Waals surface area contributed by atoms with Crippen LogP contribution in [0.2, 0.25) is 0 Å². The monoisotopic (exact) mass is 394 g/mol. The number of benzene rings is 2. The van der Waals surface area contributed by atoms with Crippen LogP contribution in [0.1, 0.15) is 32.6 Å². The largest absolute Gasteiger partial charge is 0.489 e. The summed E-state index contributed by atoms with van der Waals surface area (Å²) in [5.41, 5.74) is 1.01. The fraction of sp³-hybridized carbons (Fsp3) is 0.222. The number of ether oxygens (including phenoxy) is 1. The van der Waals surface area contributed by atoms with Crippen LogP contribution in [0.3, 0.4) is 0 Å². The first-order chi connectivity index (χ1) is 12.5. The van der Waals surface area contributed by atoms with E-state index in [-0.39, 0.29) is 12.2 Å². The van der Waals surface area contributed by atoms with Crippen molar-refractivity contribution in [2.45, 2.75) is 20.5 Å². The second-order valence-electron chi connectivity index (χ2n) is 5.96. The van der Waals surface area contributed by atoms with Crippen LogP contribution in [-0.2, 0) is 16.6 Å². The number of rotatable bonds is 5. The number of hydrogen-bond acceptors (Lipinski definition) is 5. The van der Waals surface area contributed by atoms with E-state index in [4.69, 9.17) is 10.00 Å². The minimum atomic E-state index is -3.91. The lowest BCUT2D eigenvalue weighted by Crippen LogP contribution is -2.30. The topological polar surface area (TPSA) is 96.3 Å². The molecule has 142 valence electrons. The fourth-order valence-corrected chi connectivity index (χ4v) is 2.89. The highest BCUT2D eigenvalue weighted by molar-refractivity contribution is 7.89. The van der Waals surface area contributed by atoms with Gasteiger partial charge in [0.1, 0.15) is 24.0 Å². The number of hydrogen-bond donors (Lipinski definition) is 1. The molecule has 2 aromatic rings. The standard InChI is InChI=1S/C18H16F2N2O4S/c1-10-4-13(5-11(2)15(10)8-21)26-9-12-6-17(20)14(7-16(12)19)18(23)22-27(3,24)25/h4-7H,9H2,1-3H3,(H,22,23). The maximum absolute atomic E-state index is 14.2. The lowest BCUT2D eigenvalue weighted by molar-refractivity contribution is 0.0977. The molecule has 0 bridgehead atoms. The maximum atomic E-state index is 14.2. The lowest BCUT2D eigenvalue weighted by Gasteiger charge is -2.12. The molecule has 0 aliphatic carbocycles. The molecular weight excluding hydrogens is 378 g/mol. The summed E-state index contributed by atoms with van der Waals surface area (Å²) in [6.45, 7) is 3.14. The molecule has 0 saturated carbocycles. The Bertz CT molecular complexity index is 1040. The molecular formula is C18H16F2N2O4S. The Morgan fingerprint density at radius 2 is 1.74 bits per heavy atom. The number of nitrogens with one attached hydrogen (secondary N) is 1. The van der Waals surface area contributed by atoms with E-state index >= 15 is 0 Å². The Balaban J connectivity index is 2.23. The molecule has 27 heavy (non-hydrogen) atoms. The zero-order chi connectivity index (χ0) is 20.4. The predicted octanol–water partition coefficient (Wildman–Crippen LogP) is 2.72. The van der Waals surface area contributed by atoms with Crippen LogP contribution in [0.15, 0.2) is 24.3 Å². The van der Waals surface area contributed by atoms with E-state index in [1.165, 1.54) is 0 Å².